The zero-order valence-corrected chi connectivity index (χ0v) is 23.0. The Kier molecular flexibility index (Phi) is 12.2. The lowest BCUT2D eigenvalue weighted by molar-refractivity contribution is -0.137. The molecule has 1 N–H and O–H groups in total. The Labute approximate surface area is 236 Å². The van der Waals surface area contributed by atoms with Crippen molar-refractivity contribution in [3.63, 3.8) is 0 Å². The van der Waals surface area contributed by atoms with Crippen LogP contribution in [0.25, 0.3) is 0 Å². The highest BCUT2D eigenvalue weighted by Gasteiger charge is 2.34. The molecule has 0 heterocycles. The van der Waals surface area contributed by atoms with Crippen LogP contribution in [0.15, 0.2) is 78.1 Å². The van der Waals surface area contributed by atoms with E-state index in [1.165, 1.54) is 6.07 Å². The van der Waals surface area contributed by atoms with Crippen molar-refractivity contribution in [2.75, 3.05) is 19.7 Å². The van der Waals surface area contributed by atoms with Gasteiger partial charge in [0.1, 0.15) is 5.76 Å². The van der Waals surface area contributed by atoms with E-state index in [0.717, 1.165) is 17.7 Å². The Morgan fingerprint density at radius 3 is 2.63 bits per heavy atom. The summed E-state index contributed by atoms with van der Waals surface area (Å²) in [5.41, 5.74) is 1.22. The van der Waals surface area contributed by atoms with Gasteiger partial charge in [-0.2, -0.15) is 13.2 Å². The molecule has 1 aliphatic carbocycles. The molecule has 2 aromatic rings. The summed E-state index contributed by atoms with van der Waals surface area (Å²) in [6.07, 6.45) is 2.86. The maximum Gasteiger partial charge on any atom is 0.417 e. The molecule has 1 aliphatic rings. The number of nitrogens with zero attached hydrogens (tertiary/aromatic N) is 1. The van der Waals surface area contributed by atoms with Gasteiger partial charge in [0.05, 0.1) is 17.2 Å². The predicted octanol–water partition coefficient (Wildman–Crippen LogP) is 8.30. The van der Waals surface area contributed by atoms with Gasteiger partial charge in [0.2, 0.25) is 0 Å². The topological polar surface area (TPSA) is 49.8 Å². The number of allylic oxidation sites excluding steroid dienone is 4. The van der Waals surface area contributed by atoms with E-state index in [1.54, 1.807) is 30.4 Å². The van der Waals surface area contributed by atoms with Crippen LogP contribution in [0.2, 0.25) is 10.0 Å². The molecule has 10 heteroatoms. The largest absolute Gasteiger partial charge is 0.498 e. The lowest BCUT2D eigenvalue weighted by Crippen LogP contribution is -2.29. The first-order valence-corrected chi connectivity index (χ1v) is 12.5. The van der Waals surface area contributed by atoms with Crippen LogP contribution in [-0.2, 0) is 22.3 Å². The number of carboxylic acid groups (broad SMARTS) is 1. The highest BCUT2D eigenvalue weighted by atomic mass is 35.5. The third-order valence-corrected chi connectivity index (χ3v) is 6.60. The molecule has 0 radical (unpaired) electrons. The molecule has 2 aromatic carbocycles. The fraction of sp³-hybridized carbons (Fsp3) is 0.321. The number of aliphatic carboxylic acids is 1. The van der Waals surface area contributed by atoms with Crippen LogP contribution in [0.1, 0.15) is 42.4 Å². The number of alkyl halides is 3. The van der Waals surface area contributed by atoms with E-state index >= 15 is 0 Å². The number of ether oxygens (including phenoxy) is 1. The Balaban J connectivity index is 0.00000507. The normalized spacial score (nSPS) is 15.2. The van der Waals surface area contributed by atoms with Crippen molar-refractivity contribution in [1.82, 2.24) is 4.90 Å². The molecule has 0 saturated carbocycles. The molecule has 4 nitrogen and oxygen atoms in total. The van der Waals surface area contributed by atoms with E-state index < -0.39 is 17.7 Å². The van der Waals surface area contributed by atoms with Gasteiger partial charge in [-0.05, 0) is 53.3 Å². The number of benzene rings is 2. The first-order chi connectivity index (χ1) is 17.5. The van der Waals surface area contributed by atoms with Crippen molar-refractivity contribution < 1.29 is 27.8 Å². The van der Waals surface area contributed by atoms with Gasteiger partial charge >= 0.3 is 12.1 Å². The number of halogens is 6. The van der Waals surface area contributed by atoms with E-state index in [9.17, 15) is 18.0 Å². The Morgan fingerprint density at radius 1 is 1.21 bits per heavy atom. The molecule has 1 atom stereocenters. The lowest BCUT2D eigenvalue weighted by Gasteiger charge is -2.27. The van der Waals surface area contributed by atoms with Crippen molar-refractivity contribution >= 4 is 41.6 Å². The third-order valence-electron chi connectivity index (χ3n) is 5.91. The van der Waals surface area contributed by atoms with Crippen LogP contribution < -0.4 is 0 Å². The molecule has 1 unspecified atom stereocenters. The fourth-order valence-electron chi connectivity index (χ4n) is 4.15. The van der Waals surface area contributed by atoms with E-state index in [1.807, 2.05) is 25.1 Å². The number of carboxylic acids is 1. The lowest BCUT2D eigenvalue weighted by atomic mass is 10.00. The van der Waals surface area contributed by atoms with Gasteiger partial charge < -0.3 is 9.84 Å². The summed E-state index contributed by atoms with van der Waals surface area (Å²) in [5.74, 6) is -0.285. The van der Waals surface area contributed by atoms with Crippen molar-refractivity contribution in [3.8, 4) is 0 Å². The van der Waals surface area contributed by atoms with Gasteiger partial charge in [0.25, 0.3) is 0 Å². The first kappa shape index (κ1) is 31.8. The fourth-order valence-corrected chi connectivity index (χ4v) is 4.64. The number of carbonyl (C=O) groups is 1. The molecule has 0 fully saturated rings. The standard InChI is InChI=1S/C28H28Cl2F3NO3.ClH/c1-19(21-7-3-9-23(29)16-21)17-34(18-22-8-4-11-25(27(22)30)28(31,32)33)12-5-13-37-24-10-2-6-20(14-24)15-26(35)36;/h2-4,6-11,15-16,19H,5,12-14,17-18H2,1H3,(H,35,36);1H. The Morgan fingerprint density at radius 2 is 1.95 bits per heavy atom. The van der Waals surface area contributed by atoms with Crippen molar-refractivity contribution in [1.29, 1.82) is 0 Å². The summed E-state index contributed by atoms with van der Waals surface area (Å²) in [4.78, 5) is 13.0. The summed E-state index contributed by atoms with van der Waals surface area (Å²) < 4.78 is 46.0. The van der Waals surface area contributed by atoms with E-state index in [4.69, 9.17) is 33.0 Å². The Hall–Kier alpha value is -2.45. The van der Waals surface area contributed by atoms with Crippen LogP contribution >= 0.6 is 35.6 Å². The van der Waals surface area contributed by atoms with E-state index in [2.05, 4.69) is 4.90 Å². The molecule has 0 saturated heterocycles. The highest BCUT2D eigenvalue weighted by molar-refractivity contribution is 6.32. The van der Waals surface area contributed by atoms with Crippen LogP contribution in [0, 0.1) is 0 Å². The van der Waals surface area contributed by atoms with Crippen LogP contribution in [0.4, 0.5) is 13.2 Å². The zero-order valence-electron chi connectivity index (χ0n) is 20.7. The monoisotopic (exact) mass is 589 g/mol. The van der Waals surface area contributed by atoms with Gasteiger partial charge in [0.15, 0.2) is 0 Å². The van der Waals surface area contributed by atoms with Crippen molar-refractivity contribution in [2.45, 2.75) is 38.4 Å². The zero-order chi connectivity index (χ0) is 27.0. The highest BCUT2D eigenvalue weighted by Crippen LogP contribution is 2.36. The second-order valence-electron chi connectivity index (χ2n) is 8.90. The van der Waals surface area contributed by atoms with Gasteiger partial charge in [0, 0.05) is 37.2 Å². The minimum Gasteiger partial charge on any atom is -0.498 e. The summed E-state index contributed by atoms with van der Waals surface area (Å²) in [6.45, 7) is 3.78. The van der Waals surface area contributed by atoms with Crippen LogP contribution in [-0.4, -0.2) is 35.7 Å². The average molecular weight is 591 g/mol. The van der Waals surface area contributed by atoms with Crippen molar-refractivity contribution in [3.05, 3.63) is 105 Å². The molecule has 0 aliphatic heterocycles. The van der Waals surface area contributed by atoms with Crippen LogP contribution in [0.3, 0.4) is 0 Å². The molecule has 0 aromatic heterocycles. The maximum atomic E-state index is 13.4. The molecule has 206 valence electrons. The van der Waals surface area contributed by atoms with Crippen molar-refractivity contribution in [2.24, 2.45) is 0 Å². The van der Waals surface area contributed by atoms with E-state index in [-0.39, 0.29) is 29.9 Å². The van der Waals surface area contributed by atoms with Crippen LogP contribution in [0.5, 0.6) is 0 Å². The number of hydrogen-bond donors (Lipinski definition) is 1. The molecular formula is C28H29Cl3F3NO3. The van der Waals surface area contributed by atoms with Gasteiger partial charge in [-0.25, -0.2) is 4.79 Å². The predicted molar refractivity (Wildman–Crippen MR) is 147 cm³/mol. The molecule has 0 bridgehead atoms. The maximum absolute atomic E-state index is 13.4. The summed E-state index contributed by atoms with van der Waals surface area (Å²) in [7, 11) is 0. The van der Waals surface area contributed by atoms with Gasteiger partial charge in [-0.1, -0.05) is 66.5 Å². The van der Waals surface area contributed by atoms with E-state index in [0.29, 0.717) is 54.5 Å². The second-order valence-corrected chi connectivity index (χ2v) is 9.71. The molecule has 0 spiro atoms. The number of rotatable bonds is 11. The summed E-state index contributed by atoms with van der Waals surface area (Å²) in [5, 5.41) is 9.28. The minimum absolute atomic E-state index is 0. The molecular weight excluding hydrogens is 562 g/mol. The SMILES string of the molecule is CC(CN(CCCOC1=CC=CC(=CC(=O)O)C1)Cc1cccc(C(F)(F)F)c1Cl)c1cccc(Cl)c1.Cl. The first-order valence-electron chi connectivity index (χ1n) is 11.8. The molecule has 38 heavy (non-hydrogen) atoms. The smallest absolute Gasteiger partial charge is 0.417 e. The summed E-state index contributed by atoms with van der Waals surface area (Å²) >= 11 is 12.3. The molecule has 3 rings (SSSR count). The molecule has 0 amide bonds. The average Bonchev–Trinajstić information content (AvgIpc) is 2.82. The van der Waals surface area contributed by atoms with Gasteiger partial charge in [-0.15, -0.1) is 12.4 Å². The van der Waals surface area contributed by atoms with Gasteiger partial charge in [-0.3, -0.25) is 4.90 Å². The second kappa shape index (κ2) is 14.6. The number of hydrogen-bond acceptors (Lipinski definition) is 3. The third kappa shape index (κ3) is 9.70. The minimum atomic E-state index is -4.53. The summed E-state index contributed by atoms with van der Waals surface area (Å²) in [6, 6.07) is 11.5. The Bertz CT molecular complexity index is 1200. The quantitative estimate of drug-likeness (QED) is 0.211.